The summed E-state index contributed by atoms with van der Waals surface area (Å²) in [5.74, 6) is -0.0622. The number of nitrogens with one attached hydrogen (secondary N) is 1. The minimum Gasteiger partial charge on any atom is -0.493 e. The zero-order valence-electron chi connectivity index (χ0n) is 27.2. The molecule has 14 heteroatoms. The number of likely N-dealkylation sites (tertiary alicyclic amines) is 1. The Morgan fingerprint density at radius 2 is 1.90 bits per heavy atom. The number of carbonyl (C=O) groups excluding carboxylic acids is 2. The molecule has 7 rings (SSSR count). The van der Waals surface area contributed by atoms with Crippen molar-refractivity contribution in [3.8, 4) is 5.75 Å². The van der Waals surface area contributed by atoms with E-state index in [2.05, 4.69) is 32.2 Å². The normalized spacial score (nSPS) is 18.9. The summed E-state index contributed by atoms with van der Waals surface area (Å²) >= 11 is 0. The lowest BCUT2D eigenvalue weighted by Gasteiger charge is -2.35. The molecular weight excluding hydrogens is 620 g/mol. The lowest BCUT2D eigenvalue weighted by atomic mass is 9.89. The highest BCUT2D eigenvalue weighted by atomic mass is 19.1. The quantitative estimate of drug-likeness (QED) is 0.306. The summed E-state index contributed by atoms with van der Waals surface area (Å²) in [7, 11) is 3.55. The van der Waals surface area contributed by atoms with Crippen LogP contribution >= 0.6 is 0 Å². The molecule has 2 saturated heterocycles. The molecule has 0 unspecified atom stereocenters. The number of ether oxygens (including phenoxy) is 1. The second-order valence-electron chi connectivity index (χ2n) is 12.8. The number of hydrogen-bond donors (Lipinski definition) is 1. The van der Waals surface area contributed by atoms with Crippen molar-refractivity contribution in [2.45, 2.75) is 31.7 Å². The van der Waals surface area contributed by atoms with E-state index in [9.17, 15) is 14.0 Å². The fourth-order valence-electron chi connectivity index (χ4n) is 7.13. The number of rotatable bonds is 8. The SMILES string of the molecule is COc1cc(F)cnc1N1CCN(C(=O)c2cc3c([C@@H]4CCN(C)C4)cc(C4=CCCN(C(=O)CCn5ccnn5)C4)c(F)c3[nH]2)CC1. The molecule has 1 atom stereocenters. The molecule has 3 aliphatic rings. The third-order valence-corrected chi connectivity index (χ3v) is 9.71. The largest absolute Gasteiger partial charge is 0.493 e. The van der Waals surface area contributed by atoms with Gasteiger partial charge < -0.3 is 29.3 Å². The van der Waals surface area contributed by atoms with Crippen molar-refractivity contribution in [3.63, 3.8) is 0 Å². The van der Waals surface area contributed by atoms with Gasteiger partial charge in [0.25, 0.3) is 5.91 Å². The van der Waals surface area contributed by atoms with Crippen LogP contribution in [0.3, 0.4) is 0 Å². The average molecular weight is 660 g/mol. The van der Waals surface area contributed by atoms with Gasteiger partial charge in [-0.15, -0.1) is 5.10 Å². The molecule has 0 saturated carbocycles. The summed E-state index contributed by atoms with van der Waals surface area (Å²) < 4.78 is 37.2. The Hall–Kier alpha value is -4.85. The molecule has 252 valence electrons. The monoisotopic (exact) mass is 659 g/mol. The molecule has 6 heterocycles. The van der Waals surface area contributed by atoms with Crippen molar-refractivity contribution in [2.75, 3.05) is 71.4 Å². The zero-order valence-corrected chi connectivity index (χ0v) is 27.2. The predicted octanol–water partition coefficient (Wildman–Crippen LogP) is 3.53. The summed E-state index contributed by atoms with van der Waals surface area (Å²) in [4.78, 5) is 42.1. The number of piperazine rings is 1. The van der Waals surface area contributed by atoms with Gasteiger partial charge in [0, 0.05) is 75.4 Å². The number of nitrogens with zero attached hydrogens (tertiary/aromatic N) is 8. The van der Waals surface area contributed by atoms with Gasteiger partial charge >= 0.3 is 0 Å². The van der Waals surface area contributed by atoms with Gasteiger partial charge in [-0.2, -0.15) is 0 Å². The van der Waals surface area contributed by atoms with Gasteiger partial charge in [0.05, 0.1) is 31.6 Å². The maximum atomic E-state index is 16.5. The molecule has 12 nitrogen and oxygen atoms in total. The molecule has 4 aromatic rings. The second-order valence-corrected chi connectivity index (χ2v) is 12.8. The molecule has 2 fully saturated rings. The minimum absolute atomic E-state index is 0.0169. The van der Waals surface area contributed by atoms with Gasteiger partial charge in [0.15, 0.2) is 17.4 Å². The van der Waals surface area contributed by atoms with Crippen LogP contribution in [0, 0.1) is 11.6 Å². The highest BCUT2D eigenvalue weighted by Crippen LogP contribution is 2.38. The molecule has 1 aromatic carbocycles. The number of likely N-dealkylation sites (N-methyl/N-ethyl adjacent to an activating group) is 1. The number of methoxy groups -OCH3 is 1. The molecule has 0 aliphatic carbocycles. The number of aryl methyl sites for hydroxylation is 1. The number of halogens is 2. The van der Waals surface area contributed by atoms with E-state index in [4.69, 9.17) is 4.74 Å². The van der Waals surface area contributed by atoms with Crippen molar-refractivity contribution < 1.29 is 23.1 Å². The van der Waals surface area contributed by atoms with Crippen LogP contribution in [0.4, 0.5) is 14.6 Å². The summed E-state index contributed by atoms with van der Waals surface area (Å²) in [5.41, 5.74) is 2.90. The first-order valence-corrected chi connectivity index (χ1v) is 16.4. The molecule has 3 aliphatic heterocycles. The molecule has 0 radical (unpaired) electrons. The standard InChI is InChI=1S/C34H39F2N9O3/c1-41-9-5-23(20-41)25-17-26(22-4-3-8-44(21-22)30(46)6-10-45-11-7-38-40-45)31(36)32-27(25)18-28(39-32)34(47)43-14-12-42(13-15-43)33-29(48-2)16-24(35)19-37-33/h4,7,11,16-19,23,39H,3,5-6,8-10,12-15,20-21H2,1-2H3/t23-/m1/s1. The van der Waals surface area contributed by atoms with E-state index in [0.717, 1.165) is 42.2 Å². The summed E-state index contributed by atoms with van der Waals surface area (Å²) in [5, 5.41) is 8.45. The van der Waals surface area contributed by atoms with E-state index in [1.807, 2.05) is 17.0 Å². The van der Waals surface area contributed by atoms with E-state index in [-0.39, 0.29) is 24.2 Å². The number of aromatic amines is 1. The van der Waals surface area contributed by atoms with Gasteiger partial charge in [-0.3, -0.25) is 14.3 Å². The molecule has 48 heavy (non-hydrogen) atoms. The van der Waals surface area contributed by atoms with E-state index in [1.54, 1.807) is 32.9 Å². The number of aromatic nitrogens is 5. The number of amides is 2. The third kappa shape index (κ3) is 6.23. The van der Waals surface area contributed by atoms with Crippen LogP contribution in [0.5, 0.6) is 5.75 Å². The number of hydrogen-bond acceptors (Lipinski definition) is 8. The highest BCUT2D eigenvalue weighted by Gasteiger charge is 2.31. The Morgan fingerprint density at radius 3 is 2.62 bits per heavy atom. The van der Waals surface area contributed by atoms with Gasteiger partial charge in [0.1, 0.15) is 11.5 Å². The number of anilines is 1. The van der Waals surface area contributed by atoms with Crippen LogP contribution in [0.15, 0.2) is 42.9 Å². The summed E-state index contributed by atoms with van der Waals surface area (Å²) in [6, 6.07) is 5.04. The molecular formula is C34H39F2N9O3. The van der Waals surface area contributed by atoms with Crippen LogP contribution in [0.25, 0.3) is 16.5 Å². The van der Waals surface area contributed by atoms with E-state index >= 15 is 4.39 Å². The number of benzene rings is 1. The Balaban J connectivity index is 1.13. The topological polar surface area (TPSA) is 116 Å². The highest BCUT2D eigenvalue weighted by molar-refractivity contribution is 6.00. The van der Waals surface area contributed by atoms with Crippen LogP contribution < -0.4 is 9.64 Å². The molecule has 3 aromatic heterocycles. The van der Waals surface area contributed by atoms with Gasteiger partial charge in [0.2, 0.25) is 5.91 Å². The molecule has 2 amide bonds. The van der Waals surface area contributed by atoms with Crippen molar-refractivity contribution in [1.82, 2.24) is 39.7 Å². The van der Waals surface area contributed by atoms with Crippen molar-refractivity contribution in [3.05, 3.63) is 71.3 Å². The third-order valence-electron chi connectivity index (χ3n) is 9.71. The van der Waals surface area contributed by atoms with Crippen molar-refractivity contribution in [1.29, 1.82) is 0 Å². The number of carbonyl (C=O) groups is 2. The van der Waals surface area contributed by atoms with Gasteiger partial charge in [-0.05, 0) is 55.6 Å². The lowest BCUT2D eigenvalue weighted by molar-refractivity contribution is -0.131. The maximum Gasteiger partial charge on any atom is 0.270 e. The number of H-pyrrole nitrogens is 1. The first-order chi connectivity index (χ1) is 23.3. The minimum atomic E-state index is -0.479. The summed E-state index contributed by atoms with van der Waals surface area (Å²) in [6.45, 7) is 4.89. The van der Waals surface area contributed by atoms with Gasteiger partial charge in [-0.25, -0.2) is 13.8 Å². The Morgan fingerprint density at radius 1 is 1.06 bits per heavy atom. The van der Waals surface area contributed by atoms with Crippen LogP contribution in [0.1, 0.15) is 46.8 Å². The van der Waals surface area contributed by atoms with Gasteiger partial charge in [-0.1, -0.05) is 11.3 Å². The van der Waals surface area contributed by atoms with Crippen molar-refractivity contribution >= 4 is 34.1 Å². The Kier molecular flexibility index (Phi) is 8.82. The fraction of sp³-hybridized carbons (Fsp3) is 0.441. The predicted molar refractivity (Wildman–Crippen MR) is 176 cm³/mol. The van der Waals surface area contributed by atoms with Crippen molar-refractivity contribution in [2.24, 2.45) is 0 Å². The van der Waals surface area contributed by atoms with Crippen LogP contribution in [0.2, 0.25) is 0 Å². The number of pyridine rings is 1. The van der Waals surface area contributed by atoms with E-state index in [0.29, 0.717) is 80.6 Å². The van der Waals surface area contributed by atoms with Crippen LogP contribution in [-0.4, -0.2) is 118 Å². The fourth-order valence-corrected chi connectivity index (χ4v) is 7.13. The molecule has 0 bridgehead atoms. The zero-order chi connectivity index (χ0) is 33.4. The second kappa shape index (κ2) is 13.3. The molecule has 1 N–H and O–H groups in total. The first kappa shape index (κ1) is 31.7. The first-order valence-electron chi connectivity index (χ1n) is 16.4. The van der Waals surface area contributed by atoms with E-state index < -0.39 is 11.6 Å². The van der Waals surface area contributed by atoms with Crippen LogP contribution in [-0.2, 0) is 11.3 Å². The summed E-state index contributed by atoms with van der Waals surface area (Å²) in [6.07, 6.45) is 8.32. The average Bonchev–Trinajstić information content (AvgIpc) is 3.89. The Labute approximate surface area is 276 Å². The van der Waals surface area contributed by atoms with E-state index in [1.165, 1.54) is 13.2 Å². The Bertz CT molecular complexity index is 1850. The smallest absolute Gasteiger partial charge is 0.270 e. The lowest BCUT2D eigenvalue weighted by Crippen LogP contribution is -2.49. The molecule has 0 spiro atoms. The maximum absolute atomic E-state index is 16.5. The number of fused-ring (bicyclic) bond motifs is 1.